The van der Waals surface area contributed by atoms with Gasteiger partial charge in [-0.2, -0.15) is 0 Å². The highest BCUT2D eigenvalue weighted by atomic mass is 33.1. The smallest absolute Gasteiger partial charge is 0.0154 e. The number of rotatable bonds is 9. The van der Waals surface area contributed by atoms with Crippen molar-refractivity contribution >= 4 is 21.6 Å². The molecule has 2 atom stereocenters. The Bertz CT molecular complexity index is 213. The van der Waals surface area contributed by atoms with Crippen LogP contribution in [0.3, 0.4) is 0 Å². The molecule has 0 saturated heterocycles. The van der Waals surface area contributed by atoms with Crippen molar-refractivity contribution in [2.24, 2.45) is 17.8 Å². The molecule has 1 aliphatic rings. The van der Waals surface area contributed by atoms with E-state index >= 15 is 0 Å². The summed E-state index contributed by atoms with van der Waals surface area (Å²) in [7, 11) is 4.35. The Balaban J connectivity index is 2.02. The van der Waals surface area contributed by atoms with Gasteiger partial charge >= 0.3 is 0 Å². The molecule has 1 saturated carbocycles. The molecular formula is C17H34S2. The van der Waals surface area contributed by atoms with Gasteiger partial charge in [0.05, 0.1) is 0 Å². The average Bonchev–Trinajstić information content (AvgIpc) is 2.33. The third-order valence-corrected chi connectivity index (χ3v) is 7.02. The lowest BCUT2D eigenvalue weighted by atomic mass is 9.83. The lowest BCUT2D eigenvalue weighted by molar-refractivity contribution is 0.311. The van der Waals surface area contributed by atoms with Crippen LogP contribution in [0.1, 0.15) is 79.1 Å². The van der Waals surface area contributed by atoms with Crippen molar-refractivity contribution in [3.8, 4) is 0 Å². The second-order valence-corrected chi connectivity index (χ2v) is 9.88. The fraction of sp³-hybridized carbons (Fsp3) is 1.00. The number of unbranched alkanes of at least 4 members (excludes halogenated alkanes) is 1. The fourth-order valence-corrected chi connectivity index (χ4v) is 6.04. The van der Waals surface area contributed by atoms with Crippen molar-refractivity contribution in [2.45, 2.75) is 84.3 Å². The molecule has 0 aromatic carbocycles. The van der Waals surface area contributed by atoms with E-state index in [4.69, 9.17) is 0 Å². The highest BCUT2D eigenvalue weighted by Crippen LogP contribution is 2.40. The van der Waals surface area contributed by atoms with Gasteiger partial charge in [-0.05, 0) is 43.4 Å². The van der Waals surface area contributed by atoms with Crippen LogP contribution in [-0.4, -0.2) is 11.0 Å². The van der Waals surface area contributed by atoms with Gasteiger partial charge in [-0.25, -0.2) is 0 Å². The molecule has 0 bridgehead atoms. The lowest BCUT2D eigenvalue weighted by Gasteiger charge is -2.29. The van der Waals surface area contributed by atoms with Crippen LogP contribution in [0.25, 0.3) is 0 Å². The Morgan fingerprint density at radius 3 is 2.47 bits per heavy atom. The summed E-state index contributed by atoms with van der Waals surface area (Å²) in [5, 5.41) is 0.951. The fourth-order valence-electron chi connectivity index (χ4n) is 3.07. The van der Waals surface area contributed by atoms with E-state index in [-0.39, 0.29) is 0 Å². The van der Waals surface area contributed by atoms with E-state index in [1.165, 1.54) is 57.1 Å². The molecule has 1 fully saturated rings. The minimum atomic E-state index is 0.882. The summed E-state index contributed by atoms with van der Waals surface area (Å²) < 4.78 is 0. The van der Waals surface area contributed by atoms with Gasteiger partial charge in [-0.15, -0.1) is 0 Å². The molecule has 0 amide bonds. The molecule has 0 spiro atoms. The molecule has 19 heavy (non-hydrogen) atoms. The summed E-state index contributed by atoms with van der Waals surface area (Å²) >= 11 is 0. The van der Waals surface area contributed by atoms with Crippen molar-refractivity contribution in [3.63, 3.8) is 0 Å². The molecule has 0 heterocycles. The Kier molecular flexibility index (Phi) is 9.74. The third-order valence-electron chi connectivity index (χ3n) is 4.00. The summed E-state index contributed by atoms with van der Waals surface area (Å²) in [5.41, 5.74) is 0. The van der Waals surface area contributed by atoms with Crippen LogP contribution in [0.4, 0.5) is 0 Å². The molecule has 2 heteroatoms. The first kappa shape index (κ1) is 17.8. The van der Waals surface area contributed by atoms with Crippen LogP contribution in [0.5, 0.6) is 0 Å². The van der Waals surface area contributed by atoms with Crippen LogP contribution >= 0.6 is 21.6 Å². The van der Waals surface area contributed by atoms with Gasteiger partial charge in [0.15, 0.2) is 0 Å². The molecule has 0 aromatic heterocycles. The maximum Gasteiger partial charge on any atom is 0.0154 e. The second-order valence-electron chi connectivity index (χ2n) is 7.09. The highest BCUT2D eigenvalue weighted by Gasteiger charge is 2.22. The molecule has 0 N–H and O–H groups in total. The van der Waals surface area contributed by atoms with Gasteiger partial charge < -0.3 is 0 Å². The number of hydrogen-bond acceptors (Lipinski definition) is 2. The van der Waals surface area contributed by atoms with Crippen molar-refractivity contribution in [1.82, 2.24) is 0 Å². The second kappa shape index (κ2) is 10.4. The van der Waals surface area contributed by atoms with E-state index < -0.39 is 0 Å². The Hall–Kier alpha value is 0.700. The summed E-state index contributed by atoms with van der Waals surface area (Å²) in [6.45, 7) is 9.41. The van der Waals surface area contributed by atoms with Crippen LogP contribution in [0.2, 0.25) is 0 Å². The molecule has 1 rings (SSSR count). The summed E-state index contributed by atoms with van der Waals surface area (Å²) in [5.74, 6) is 4.15. The van der Waals surface area contributed by atoms with Crippen molar-refractivity contribution in [1.29, 1.82) is 0 Å². The topological polar surface area (TPSA) is 0 Å². The molecule has 114 valence electrons. The zero-order chi connectivity index (χ0) is 14.1. The lowest BCUT2D eigenvalue weighted by Crippen LogP contribution is -2.18. The quantitative estimate of drug-likeness (QED) is 0.339. The third kappa shape index (κ3) is 9.28. The Morgan fingerprint density at radius 2 is 1.79 bits per heavy atom. The first-order valence-electron chi connectivity index (χ1n) is 8.36. The molecule has 0 radical (unpaired) electrons. The van der Waals surface area contributed by atoms with Gasteiger partial charge in [-0.1, -0.05) is 75.0 Å². The van der Waals surface area contributed by atoms with Gasteiger partial charge in [0, 0.05) is 11.0 Å². The maximum absolute atomic E-state index is 2.38. The van der Waals surface area contributed by atoms with Crippen LogP contribution in [0.15, 0.2) is 0 Å². The largest absolute Gasteiger partial charge is 0.0939 e. The first-order valence-corrected chi connectivity index (χ1v) is 10.7. The summed E-state index contributed by atoms with van der Waals surface area (Å²) in [6, 6.07) is 0. The standard InChI is InChI=1S/C17H34S2/c1-14(2)8-5-6-11-18-19-17-10-7-9-16(13-17)12-15(3)4/h14-17H,5-13H2,1-4H3. The molecule has 0 aliphatic heterocycles. The first-order chi connectivity index (χ1) is 9.08. The molecule has 1 aliphatic carbocycles. The van der Waals surface area contributed by atoms with Gasteiger partial charge in [0.2, 0.25) is 0 Å². The van der Waals surface area contributed by atoms with E-state index in [0.717, 1.165) is 23.0 Å². The van der Waals surface area contributed by atoms with Crippen LogP contribution < -0.4 is 0 Å². The van der Waals surface area contributed by atoms with Crippen molar-refractivity contribution < 1.29 is 0 Å². The monoisotopic (exact) mass is 302 g/mol. The van der Waals surface area contributed by atoms with Gasteiger partial charge in [0.25, 0.3) is 0 Å². The van der Waals surface area contributed by atoms with E-state index in [1.54, 1.807) is 0 Å². The summed E-state index contributed by atoms with van der Waals surface area (Å²) in [6.07, 6.45) is 11.6. The average molecular weight is 303 g/mol. The van der Waals surface area contributed by atoms with E-state index in [1.807, 2.05) is 0 Å². The maximum atomic E-state index is 2.38. The van der Waals surface area contributed by atoms with E-state index in [0.29, 0.717) is 0 Å². The normalized spacial score (nSPS) is 24.3. The zero-order valence-corrected chi connectivity index (χ0v) is 15.1. The SMILES string of the molecule is CC(C)CCCCSSC1CCCC(CC(C)C)C1. The van der Waals surface area contributed by atoms with Crippen LogP contribution in [-0.2, 0) is 0 Å². The van der Waals surface area contributed by atoms with Gasteiger partial charge in [-0.3, -0.25) is 0 Å². The predicted octanol–water partition coefficient (Wildman–Crippen LogP) is 6.80. The van der Waals surface area contributed by atoms with Gasteiger partial charge in [0.1, 0.15) is 0 Å². The minimum absolute atomic E-state index is 0.882. The molecular weight excluding hydrogens is 268 g/mol. The summed E-state index contributed by atoms with van der Waals surface area (Å²) in [4.78, 5) is 0. The molecule has 0 nitrogen and oxygen atoms in total. The van der Waals surface area contributed by atoms with Crippen molar-refractivity contribution in [2.75, 3.05) is 5.75 Å². The Labute approximate surface area is 129 Å². The zero-order valence-electron chi connectivity index (χ0n) is 13.5. The predicted molar refractivity (Wildman–Crippen MR) is 93.9 cm³/mol. The van der Waals surface area contributed by atoms with E-state index in [2.05, 4.69) is 49.3 Å². The molecule has 0 aromatic rings. The Morgan fingerprint density at radius 1 is 1.00 bits per heavy atom. The van der Waals surface area contributed by atoms with Crippen molar-refractivity contribution in [3.05, 3.63) is 0 Å². The molecule has 2 unspecified atom stereocenters. The van der Waals surface area contributed by atoms with Crippen LogP contribution in [0, 0.1) is 17.8 Å². The highest BCUT2D eigenvalue weighted by molar-refractivity contribution is 8.76. The number of hydrogen-bond donors (Lipinski definition) is 0. The minimum Gasteiger partial charge on any atom is -0.0939 e. The van der Waals surface area contributed by atoms with E-state index in [9.17, 15) is 0 Å².